The van der Waals surface area contributed by atoms with Gasteiger partial charge in [-0.25, -0.2) is 14.8 Å². The Labute approximate surface area is 125 Å². The van der Waals surface area contributed by atoms with Crippen molar-refractivity contribution < 1.29 is 9.53 Å². The Hall–Kier alpha value is -1.95. The summed E-state index contributed by atoms with van der Waals surface area (Å²) < 4.78 is 6.01. The molecule has 5 nitrogen and oxygen atoms in total. The van der Waals surface area contributed by atoms with E-state index in [1.54, 1.807) is 19.4 Å². The third-order valence-electron chi connectivity index (χ3n) is 2.57. The second-order valence-corrected chi connectivity index (χ2v) is 5.13. The molecule has 1 amide bonds. The first kappa shape index (κ1) is 14.5. The molecule has 0 radical (unpaired) electrons. The number of ether oxygens (including phenoxy) is 1. The first-order chi connectivity index (χ1) is 9.65. The fourth-order valence-corrected chi connectivity index (χ4v) is 1.73. The van der Waals surface area contributed by atoms with Crippen LogP contribution in [-0.2, 0) is 17.9 Å². The van der Waals surface area contributed by atoms with Crippen LogP contribution in [0.4, 0.5) is 4.79 Å². The molecule has 2 rings (SSSR count). The summed E-state index contributed by atoms with van der Waals surface area (Å²) in [6.45, 7) is 0.562. The lowest BCUT2D eigenvalue weighted by molar-refractivity contribution is 0.102. The fourth-order valence-electron chi connectivity index (χ4n) is 1.53. The van der Waals surface area contributed by atoms with Crippen molar-refractivity contribution in [2.24, 2.45) is 0 Å². The van der Waals surface area contributed by atoms with Crippen LogP contribution < -0.4 is 0 Å². The second kappa shape index (κ2) is 7.00. The summed E-state index contributed by atoms with van der Waals surface area (Å²) in [6.07, 6.45) is 2.89. The average Bonchev–Trinajstić information content (AvgIpc) is 2.48. The number of amides is 1. The van der Waals surface area contributed by atoms with Crippen molar-refractivity contribution in [3.63, 3.8) is 0 Å². The highest BCUT2D eigenvalue weighted by atomic mass is 79.9. The normalized spacial score (nSPS) is 10.1. The molecule has 0 aliphatic heterocycles. The van der Waals surface area contributed by atoms with Gasteiger partial charge in [0.15, 0.2) is 0 Å². The average molecular weight is 336 g/mol. The van der Waals surface area contributed by atoms with Gasteiger partial charge in [0.05, 0.1) is 11.0 Å². The van der Waals surface area contributed by atoms with Crippen LogP contribution in [0.3, 0.4) is 0 Å². The van der Waals surface area contributed by atoms with Gasteiger partial charge in [0, 0.05) is 19.4 Å². The number of halogens is 1. The van der Waals surface area contributed by atoms with Crippen LogP contribution in [0.25, 0.3) is 0 Å². The van der Waals surface area contributed by atoms with E-state index in [2.05, 4.69) is 25.9 Å². The van der Waals surface area contributed by atoms with Crippen molar-refractivity contribution >= 4 is 22.0 Å². The lowest BCUT2D eigenvalue weighted by atomic mass is 10.2. The largest absolute Gasteiger partial charge is 0.445 e. The predicted octanol–water partition coefficient (Wildman–Crippen LogP) is 3.01. The van der Waals surface area contributed by atoms with Crippen molar-refractivity contribution in [2.75, 3.05) is 7.05 Å². The molecule has 1 aromatic carbocycles. The summed E-state index contributed by atoms with van der Waals surface area (Å²) >= 11 is 3.26. The number of aromatic nitrogens is 2. The van der Waals surface area contributed by atoms with Crippen LogP contribution in [0.15, 0.2) is 47.2 Å². The maximum Gasteiger partial charge on any atom is 0.410 e. The Kier molecular flexibility index (Phi) is 5.06. The summed E-state index contributed by atoms with van der Waals surface area (Å²) in [5, 5.41) is 0. The number of carbonyl (C=O) groups is 1. The molecule has 1 aromatic heterocycles. The Bertz CT molecular complexity index is 560. The molecule has 0 aliphatic carbocycles. The zero-order valence-electron chi connectivity index (χ0n) is 11.0. The van der Waals surface area contributed by atoms with Gasteiger partial charge in [-0.2, -0.15) is 0 Å². The molecule has 0 unspecified atom stereocenters. The highest BCUT2D eigenvalue weighted by molar-refractivity contribution is 9.10. The molecule has 0 saturated carbocycles. The van der Waals surface area contributed by atoms with E-state index in [0.717, 1.165) is 10.0 Å². The van der Waals surface area contributed by atoms with E-state index in [9.17, 15) is 4.79 Å². The van der Waals surface area contributed by atoms with Crippen LogP contribution in [0.5, 0.6) is 0 Å². The van der Waals surface area contributed by atoms with Gasteiger partial charge in [-0.1, -0.05) is 30.3 Å². The Morgan fingerprint density at radius 3 is 2.55 bits per heavy atom. The van der Waals surface area contributed by atoms with E-state index >= 15 is 0 Å². The number of nitrogens with zero attached hydrogens (tertiary/aromatic N) is 3. The number of benzene rings is 1. The molecule has 20 heavy (non-hydrogen) atoms. The molecule has 0 bridgehead atoms. The summed E-state index contributed by atoms with van der Waals surface area (Å²) in [4.78, 5) is 21.5. The van der Waals surface area contributed by atoms with Gasteiger partial charge < -0.3 is 9.64 Å². The molecular weight excluding hydrogens is 322 g/mol. The predicted molar refractivity (Wildman–Crippen MR) is 77.8 cm³/mol. The van der Waals surface area contributed by atoms with Gasteiger partial charge in [0.1, 0.15) is 12.4 Å². The monoisotopic (exact) mass is 335 g/mol. The topological polar surface area (TPSA) is 55.3 Å². The van der Waals surface area contributed by atoms with Crippen LogP contribution in [0.2, 0.25) is 0 Å². The van der Waals surface area contributed by atoms with E-state index in [4.69, 9.17) is 4.74 Å². The molecule has 0 fully saturated rings. The number of hydrogen-bond acceptors (Lipinski definition) is 4. The van der Waals surface area contributed by atoms with Crippen LogP contribution in [0.1, 0.15) is 11.4 Å². The summed E-state index contributed by atoms with van der Waals surface area (Å²) in [5.74, 6) is 0.562. The third-order valence-corrected chi connectivity index (χ3v) is 2.98. The van der Waals surface area contributed by atoms with E-state index in [1.165, 1.54) is 4.90 Å². The molecule has 0 saturated heterocycles. The minimum absolute atomic E-state index is 0.255. The summed E-state index contributed by atoms with van der Waals surface area (Å²) in [5.41, 5.74) is 0.953. The van der Waals surface area contributed by atoms with E-state index in [1.807, 2.05) is 30.3 Å². The zero-order valence-corrected chi connectivity index (χ0v) is 12.6. The number of rotatable bonds is 4. The minimum atomic E-state index is -0.402. The molecule has 1 heterocycles. The van der Waals surface area contributed by atoms with Gasteiger partial charge >= 0.3 is 6.09 Å². The maximum atomic E-state index is 11.8. The highest BCUT2D eigenvalue weighted by Gasteiger charge is 2.12. The smallest absolute Gasteiger partial charge is 0.410 e. The van der Waals surface area contributed by atoms with Gasteiger partial charge in [0.2, 0.25) is 0 Å². The van der Waals surface area contributed by atoms with Gasteiger partial charge in [-0.15, -0.1) is 0 Å². The Balaban J connectivity index is 1.84. The van der Waals surface area contributed by atoms with E-state index in [-0.39, 0.29) is 6.61 Å². The van der Waals surface area contributed by atoms with E-state index < -0.39 is 6.09 Å². The SMILES string of the molecule is CN(Cc1ncc(Br)cn1)C(=O)OCc1ccccc1. The summed E-state index contributed by atoms with van der Waals surface area (Å²) in [7, 11) is 1.65. The summed E-state index contributed by atoms with van der Waals surface area (Å²) in [6, 6.07) is 9.55. The lowest BCUT2D eigenvalue weighted by Crippen LogP contribution is -2.27. The van der Waals surface area contributed by atoms with Gasteiger partial charge in [-0.05, 0) is 21.5 Å². The first-order valence-corrected chi connectivity index (χ1v) is 6.82. The Morgan fingerprint density at radius 1 is 1.25 bits per heavy atom. The van der Waals surface area contributed by atoms with Crippen molar-refractivity contribution in [2.45, 2.75) is 13.2 Å². The quantitative estimate of drug-likeness (QED) is 0.861. The zero-order chi connectivity index (χ0) is 14.4. The lowest BCUT2D eigenvalue weighted by Gasteiger charge is -2.16. The minimum Gasteiger partial charge on any atom is -0.445 e. The number of hydrogen-bond donors (Lipinski definition) is 0. The standard InChI is InChI=1S/C14H14BrN3O2/c1-18(9-13-16-7-12(15)8-17-13)14(19)20-10-11-5-3-2-4-6-11/h2-8H,9-10H2,1H3. The van der Waals surface area contributed by atoms with Crippen LogP contribution in [0, 0.1) is 0 Å². The molecule has 0 N–H and O–H groups in total. The van der Waals surface area contributed by atoms with Crippen molar-refractivity contribution in [1.82, 2.24) is 14.9 Å². The van der Waals surface area contributed by atoms with Crippen molar-refractivity contribution in [3.05, 3.63) is 58.6 Å². The second-order valence-electron chi connectivity index (χ2n) is 4.21. The first-order valence-electron chi connectivity index (χ1n) is 6.03. The Morgan fingerprint density at radius 2 is 1.90 bits per heavy atom. The van der Waals surface area contributed by atoms with Gasteiger partial charge in [-0.3, -0.25) is 0 Å². The molecular formula is C14H14BrN3O2. The molecule has 104 valence electrons. The maximum absolute atomic E-state index is 11.8. The highest BCUT2D eigenvalue weighted by Crippen LogP contribution is 2.07. The molecule has 0 aliphatic rings. The number of carbonyl (C=O) groups excluding carboxylic acids is 1. The van der Waals surface area contributed by atoms with Crippen LogP contribution >= 0.6 is 15.9 Å². The molecule has 6 heteroatoms. The third kappa shape index (κ3) is 4.31. The van der Waals surface area contributed by atoms with E-state index in [0.29, 0.717) is 12.4 Å². The van der Waals surface area contributed by atoms with Crippen molar-refractivity contribution in [3.8, 4) is 0 Å². The fraction of sp³-hybridized carbons (Fsp3) is 0.214. The molecule has 2 aromatic rings. The molecule has 0 spiro atoms. The molecule has 0 atom stereocenters. The van der Waals surface area contributed by atoms with Gasteiger partial charge in [0.25, 0.3) is 0 Å². The van der Waals surface area contributed by atoms with Crippen LogP contribution in [-0.4, -0.2) is 28.0 Å². The van der Waals surface area contributed by atoms with Crippen molar-refractivity contribution in [1.29, 1.82) is 0 Å².